The van der Waals surface area contributed by atoms with Gasteiger partial charge in [0.2, 0.25) is 0 Å². The average molecular weight is 69.2 g/mol. The van der Waals surface area contributed by atoms with Crippen molar-refractivity contribution in [3.8, 4) is 0 Å². The van der Waals surface area contributed by atoms with Crippen molar-refractivity contribution in [2.45, 2.75) is 0 Å². The fourth-order valence-corrected chi connectivity index (χ4v) is 0. The first-order valence-corrected chi connectivity index (χ1v) is 0. The Morgan fingerprint density at radius 3 is 0.750 bits per heavy atom. The van der Waals surface area contributed by atoms with E-state index in [9.17, 15) is 0 Å². The summed E-state index contributed by atoms with van der Waals surface area (Å²) in [7, 11) is 0. The van der Waals surface area contributed by atoms with Gasteiger partial charge in [-0.05, 0) is 0 Å². The molecule has 0 spiro atoms. The Labute approximate surface area is 51.4 Å². The van der Waals surface area contributed by atoms with E-state index < -0.39 is 0 Å². The van der Waals surface area contributed by atoms with Crippen molar-refractivity contribution < 1.29 is 28.3 Å². The molecule has 0 unspecified atom stereocenters. The van der Waals surface area contributed by atoms with Gasteiger partial charge in [-0.15, -0.1) is 0 Å². The summed E-state index contributed by atoms with van der Waals surface area (Å²) in [5.41, 5.74) is 0. The van der Waals surface area contributed by atoms with Crippen LogP contribution >= 0.6 is 0 Å². The van der Waals surface area contributed by atoms with Crippen LogP contribution in [0, 0.1) is 0 Å². The first-order chi connectivity index (χ1) is 0. The van der Waals surface area contributed by atoms with Crippen LogP contribution in [0.15, 0.2) is 0 Å². The normalized spacial score (nSPS) is 0. The van der Waals surface area contributed by atoms with Gasteiger partial charge in [-0.25, -0.2) is 0 Å². The molecule has 0 rings (SSSR count). The Morgan fingerprint density at radius 1 is 0.750 bits per heavy atom. The first kappa shape index (κ1) is 62.2. The van der Waals surface area contributed by atoms with Crippen LogP contribution < -0.4 is 28.3 Å². The molecule has 0 aromatic rings. The molecule has 0 aliphatic rings. The summed E-state index contributed by atoms with van der Waals surface area (Å²) in [5, 5.41) is 0. The van der Waals surface area contributed by atoms with Crippen molar-refractivity contribution in [2.24, 2.45) is 0 Å². The molecule has 0 aliphatic heterocycles. The van der Waals surface area contributed by atoms with Gasteiger partial charge in [-0.2, -0.15) is 0 Å². The van der Waals surface area contributed by atoms with E-state index in [0.717, 1.165) is 0 Å². The molecule has 4 heavy (non-hydrogen) atoms. The topological polar surface area (TPSA) is 0 Å². The zero-order valence-electron chi connectivity index (χ0n) is 2.46. The van der Waals surface area contributed by atoms with E-state index in [0.29, 0.717) is 0 Å². The summed E-state index contributed by atoms with van der Waals surface area (Å²) in [6, 6.07) is 0. The van der Waals surface area contributed by atoms with Crippen LogP contribution in [0.1, 0.15) is 0 Å². The van der Waals surface area contributed by atoms with Crippen LogP contribution in [0.3, 0.4) is 0 Å². The molecular weight excluding hydrogens is 69.2 g/mol. The van der Waals surface area contributed by atoms with Gasteiger partial charge >= 0.3 is 41.9 Å². The van der Waals surface area contributed by atoms with Crippen molar-refractivity contribution >= 4 is 23.1 Å². The molecule has 0 fully saturated rings. The van der Waals surface area contributed by atoms with Crippen molar-refractivity contribution in [3.63, 3.8) is 0 Å². The van der Waals surface area contributed by atoms with Crippen molar-refractivity contribution in [3.05, 3.63) is 0 Å². The van der Waals surface area contributed by atoms with Crippen molar-refractivity contribution in [1.29, 1.82) is 0 Å². The Morgan fingerprint density at radius 2 is 0.750 bits per heavy atom. The smallest absolute Gasteiger partial charge is 1.00 e. The summed E-state index contributed by atoms with van der Waals surface area (Å²) in [5.74, 6) is 0. The van der Waals surface area contributed by atoms with Crippen LogP contribution in [-0.4, -0.2) is 23.1 Å². The molecule has 0 bridgehead atoms. The van der Waals surface area contributed by atoms with Gasteiger partial charge in [-0.3, -0.25) is 0 Å². The van der Waals surface area contributed by atoms with E-state index in [1.54, 1.807) is 0 Å². The molecule has 0 aromatic carbocycles. The van der Waals surface area contributed by atoms with Crippen LogP contribution in [0.5, 0.6) is 0 Å². The Hall–Kier alpha value is 1.22. The van der Waals surface area contributed by atoms with Gasteiger partial charge in [-0.1, -0.05) is 0 Å². The van der Waals surface area contributed by atoms with Crippen molar-refractivity contribution in [1.82, 2.24) is 0 Å². The Bertz CT molecular complexity index is 6.00. The SMILES string of the molecule is [F-].[F-].[Li+].[Mg+2]. The second-order valence-electron chi connectivity index (χ2n) is 0. The third kappa shape index (κ3) is 10.6. The first-order valence-electron chi connectivity index (χ1n) is 0. The summed E-state index contributed by atoms with van der Waals surface area (Å²) in [6.07, 6.45) is 0. The van der Waals surface area contributed by atoms with Crippen LogP contribution in [-0.2, 0) is 0 Å². The minimum Gasteiger partial charge on any atom is -1.00 e. The molecule has 0 heterocycles. The molecule has 16 valence electrons. The van der Waals surface area contributed by atoms with E-state index >= 15 is 0 Å². The second-order valence-corrected chi connectivity index (χ2v) is 0. The Kier molecular flexibility index (Phi) is 456. The van der Waals surface area contributed by atoms with Gasteiger partial charge < -0.3 is 9.41 Å². The Balaban J connectivity index is 0. The summed E-state index contributed by atoms with van der Waals surface area (Å²) < 4.78 is 0. The maximum Gasteiger partial charge on any atom is 2.00 e. The zero-order chi connectivity index (χ0) is 0. The van der Waals surface area contributed by atoms with Gasteiger partial charge in [0.15, 0.2) is 0 Å². The molecular formula is F2LiMg+. The summed E-state index contributed by atoms with van der Waals surface area (Å²) >= 11 is 0. The summed E-state index contributed by atoms with van der Waals surface area (Å²) in [4.78, 5) is 0. The molecule has 0 aromatic heterocycles. The van der Waals surface area contributed by atoms with E-state index in [1.165, 1.54) is 0 Å². The molecule has 0 atom stereocenters. The van der Waals surface area contributed by atoms with E-state index in [-0.39, 0.29) is 51.3 Å². The van der Waals surface area contributed by atoms with Gasteiger partial charge in [0.1, 0.15) is 0 Å². The van der Waals surface area contributed by atoms with Gasteiger partial charge in [0.25, 0.3) is 0 Å². The predicted molar refractivity (Wildman–Crippen MR) is 5.75 cm³/mol. The number of rotatable bonds is 0. The fourth-order valence-electron chi connectivity index (χ4n) is 0. The minimum absolute atomic E-state index is 0. The predicted octanol–water partition coefficient (Wildman–Crippen LogP) is -9.37. The van der Waals surface area contributed by atoms with E-state index in [4.69, 9.17) is 0 Å². The molecule has 0 aliphatic carbocycles. The third-order valence-corrected chi connectivity index (χ3v) is 0. The third-order valence-electron chi connectivity index (χ3n) is 0. The maximum absolute atomic E-state index is 0. The summed E-state index contributed by atoms with van der Waals surface area (Å²) in [6.45, 7) is 0. The molecule has 0 nitrogen and oxygen atoms in total. The largest absolute Gasteiger partial charge is 2.00 e. The molecule has 0 saturated carbocycles. The molecule has 0 radical (unpaired) electrons. The van der Waals surface area contributed by atoms with Gasteiger partial charge in [0, 0.05) is 0 Å². The number of hydrogen-bond acceptors (Lipinski definition) is 0. The average Bonchev–Trinajstić information content (AvgIpc) is 0. The standard InChI is InChI=1S/2FH.Li.Mg/h2*1H;;/q;;+1;+2/p-2. The number of halogens is 2. The second kappa shape index (κ2) is 29.3. The monoisotopic (exact) mass is 69.0 g/mol. The van der Waals surface area contributed by atoms with Crippen molar-refractivity contribution in [2.75, 3.05) is 0 Å². The molecule has 0 N–H and O–H groups in total. The van der Waals surface area contributed by atoms with Crippen LogP contribution in [0.4, 0.5) is 0 Å². The molecule has 0 saturated heterocycles. The minimum atomic E-state index is 0. The quantitative estimate of drug-likeness (QED) is 0.248. The van der Waals surface area contributed by atoms with E-state index in [2.05, 4.69) is 0 Å². The zero-order valence-corrected chi connectivity index (χ0v) is 3.88. The fraction of sp³-hybridized carbons (Fsp3) is 0. The molecule has 4 heteroatoms. The number of hydrogen-bond donors (Lipinski definition) is 0. The van der Waals surface area contributed by atoms with Crippen LogP contribution in [0.25, 0.3) is 0 Å². The maximum atomic E-state index is 0. The van der Waals surface area contributed by atoms with Gasteiger partial charge in [0.05, 0.1) is 0 Å². The van der Waals surface area contributed by atoms with Crippen LogP contribution in [0.2, 0.25) is 0 Å². The molecule has 0 amide bonds. The van der Waals surface area contributed by atoms with E-state index in [1.807, 2.05) is 0 Å².